The van der Waals surface area contributed by atoms with Gasteiger partial charge in [-0.25, -0.2) is 4.79 Å². The van der Waals surface area contributed by atoms with Gasteiger partial charge in [-0.2, -0.15) is 13.2 Å². The van der Waals surface area contributed by atoms with E-state index in [1.165, 1.54) is 6.07 Å². The molecule has 2 heterocycles. The quantitative estimate of drug-likeness (QED) is 0.876. The number of amides is 1. The van der Waals surface area contributed by atoms with E-state index >= 15 is 0 Å². The summed E-state index contributed by atoms with van der Waals surface area (Å²) < 4.78 is 41.8. The van der Waals surface area contributed by atoms with E-state index in [-0.39, 0.29) is 6.10 Å². The standard InChI is InChI=1S/C10H11F3N4O2/c11-10(12,13)7-1-2-8(16-15-7)17-4-3-6(5-17)19-9(14)18/h1-2,6H,3-5H2,(H2,14,18). The van der Waals surface area contributed by atoms with Crippen LogP contribution in [0.15, 0.2) is 12.1 Å². The van der Waals surface area contributed by atoms with Gasteiger partial charge in [-0.05, 0) is 12.1 Å². The Bertz CT molecular complexity index is 463. The molecule has 0 aliphatic carbocycles. The van der Waals surface area contributed by atoms with Crippen LogP contribution in [0.2, 0.25) is 0 Å². The van der Waals surface area contributed by atoms with E-state index in [0.717, 1.165) is 6.07 Å². The fraction of sp³-hybridized carbons (Fsp3) is 0.500. The van der Waals surface area contributed by atoms with Crippen molar-refractivity contribution in [3.05, 3.63) is 17.8 Å². The Kier molecular flexibility index (Phi) is 3.45. The number of halogens is 3. The molecule has 1 unspecified atom stereocenters. The molecule has 1 aromatic rings. The van der Waals surface area contributed by atoms with Crippen molar-refractivity contribution < 1.29 is 22.7 Å². The predicted octanol–water partition coefficient (Wildman–Crippen LogP) is 1.17. The van der Waals surface area contributed by atoms with Gasteiger partial charge in [0.15, 0.2) is 11.5 Å². The number of alkyl halides is 3. The third-order valence-electron chi connectivity index (χ3n) is 2.69. The highest BCUT2D eigenvalue weighted by Crippen LogP contribution is 2.28. The number of hydrogen-bond donors (Lipinski definition) is 1. The molecule has 2 rings (SSSR count). The number of primary amides is 1. The lowest BCUT2D eigenvalue weighted by Crippen LogP contribution is -2.27. The second kappa shape index (κ2) is 4.90. The topological polar surface area (TPSA) is 81.3 Å². The minimum atomic E-state index is -4.51. The maximum Gasteiger partial charge on any atom is 0.435 e. The molecule has 2 N–H and O–H groups in total. The van der Waals surface area contributed by atoms with Gasteiger partial charge in [0, 0.05) is 13.0 Å². The van der Waals surface area contributed by atoms with E-state index in [4.69, 9.17) is 10.5 Å². The highest BCUT2D eigenvalue weighted by Gasteiger charge is 2.33. The number of rotatable bonds is 2. The molecule has 1 aromatic heterocycles. The van der Waals surface area contributed by atoms with Crippen LogP contribution in [-0.4, -0.2) is 35.5 Å². The van der Waals surface area contributed by atoms with Gasteiger partial charge in [0.25, 0.3) is 0 Å². The van der Waals surface area contributed by atoms with E-state index in [1.807, 2.05) is 0 Å². The number of nitrogens with two attached hydrogens (primary N) is 1. The number of hydrogen-bond acceptors (Lipinski definition) is 5. The molecule has 1 fully saturated rings. The smallest absolute Gasteiger partial charge is 0.435 e. The molecule has 0 radical (unpaired) electrons. The summed E-state index contributed by atoms with van der Waals surface area (Å²) in [4.78, 5) is 12.3. The van der Waals surface area contributed by atoms with Crippen molar-refractivity contribution in [2.75, 3.05) is 18.0 Å². The molecule has 6 nitrogen and oxygen atoms in total. The van der Waals surface area contributed by atoms with Crippen LogP contribution in [0.3, 0.4) is 0 Å². The fourth-order valence-electron chi connectivity index (χ4n) is 1.84. The van der Waals surface area contributed by atoms with Crippen molar-refractivity contribution in [3.8, 4) is 0 Å². The Hall–Kier alpha value is -2.06. The zero-order valence-electron chi connectivity index (χ0n) is 9.72. The molecule has 0 bridgehead atoms. The molecule has 1 aliphatic rings. The maximum atomic E-state index is 12.3. The number of nitrogens with zero attached hydrogens (tertiary/aromatic N) is 3. The van der Waals surface area contributed by atoms with Gasteiger partial charge >= 0.3 is 12.3 Å². The minimum Gasteiger partial charge on any atom is -0.444 e. The second-order valence-corrected chi connectivity index (χ2v) is 4.07. The van der Waals surface area contributed by atoms with Crippen molar-refractivity contribution in [3.63, 3.8) is 0 Å². The van der Waals surface area contributed by atoms with Gasteiger partial charge in [-0.1, -0.05) is 0 Å². The number of carbonyl (C=O) groups excluding carboxylic acids is 1. The Morgan fingerprint density at radius 1 is 1.42 bits per heavy atom. The first-order valence-corrected chi connectivity index (χ1v) is 5.48. The highest BCUT2D eigenvalue weighted by atomic mass is 19.4. The maximum absolute atomic E-state index is 12.3. The summed E-state index contributed by atoms with van der Waals surface area (Å²) in [5.74, 6) is 0.309. The monoisotopic (exact) mass is 276 g/mol. The molecule has 9 heteroatoms. The first kappa shape index (κ1) is 13.4. The predicted molar refractivity (Wildman–Crippen MR) is 58.3 cm³/mol. The van der Waals surface area contributed by atoms with E-state index in [0.29, 0.717) is 25.3 Å². The zero-order chi connectivity index (χ0) is 14.0. The number of carbonyl (C=O) groups is 1. The van der Waals surface area contributed by atoms with Gasteiger partial charge in [0.05, 0.1) is 6.54 Å². The third-order valence-corrected chi connectivity index (χ3v) is 2.69. The summed E-state index contributed by atoms with van der Waals surface area (Å²) in [5, 5.41) is 6.66. The Morgan fingerprint density at radius 3 is 2.68 bits per heavy atom. The van der Waals surface area contributed by atoms with Crippen LogP contribution in [-0.2, 0) is 10.9 Å². The zero-order valence-corrected chi connectivity index (χ0v) is 9.72. The third kappa shape index (κ3) is 3.24. The van der Waals surface area contributed by atoms with Crippen molar-refractivity contribution in [2.24, 2.45) is 5.73 Å². The van der Waals surface area contributed by atoms with Crippen LogP contribution in [0.25, 0.3) is 0 Å². The van der Waals surface area contributed by atoms with E-state index in [2.05, 4.69) is 10.2 Å². The van der Waals surface area contributed by atoms with Gasteiger partial charge in [0.1, 0.15) is 6.10 Å². The lowest BCUT2D eigenvalue weighted by molar-refractivity contribution is -0.141. The Morgan fingerprint density at radius 2 is 2.16 bits per heavy atom. The van der Waals surface area contributed by atoms with Crippen LogP contribution >= 0.6 is 0 Å². The van der Waals surface area contributed by atoms with Gasteiger partial charge in [0.2, 0.25) is 0 Å². The first-order valence-electron chi connectivity index (χ1n) is 5.48. The highest BCUT2D eigenvalue weighted by molar-refractivity contribution is 5.65. The largest absolute Gasteiger partial charge is 0.444 e. The van der Waals surface area contributed by atoms with Crippen LogP contribution in [0, 0.1) is 0 Å². The minimum absolute atomic E-state index is 0.309. The van der Waals surface area contributed by atoms with Gasteiger partial charge in [-0.3, -0.25) is 0 Å². The Labute approximate surface area is 106 Å². The van der Waals surface area contributed by atoms with Crippen molar-refractivity contribution in [1.82, 2.24) is 10.2 Å². The van der Waals surface area contributed by atoms with Crippen LogP contribution in [0.4, 0.5) is 23.8 Å². The van der Waals surface area contributed by atoms with E-state index < -0.39 is 18.0 Å². The van der Waals surface area contributed by atoms with E-state index in [1.54, 1.807) is 4.90 Å². The van der Waals surface area contributed by atoms with E-state index in [9.17, 15) is 18.0 Å². The van der Waals surface area contributed by atoms with Crippen LogP contribution in [0.5, 0.6) is 0 Å². The molecule has 0 saturated carbocycles. The lowest BCUT2D eigenvalue weighted by atomic mass is 10.3. The van der Waals surface area contributed by atoms with Gasteiger partial charge < -0.3 is 15.4 Å². The molecule has 1 saturated heterocycles. The molecule has 1 amide bonds. The average Bonchev–Trinajstić information content (AvgIpc) is 2.75. The van der Waals surface area contributed by atoms with Gasteiger partial charge in [-0.15, -0.1) is 10.2 Å². The number of ether oxygens (including phenoxy) is 1. The summed E-state index contributed by atoms with van der Waals surface area (Å²) in [6, 6.07) is 2.10. The number of anilines is 1. The summed E-state index contributed by atoms with van der Waals surface area (Å²) in [7, 11) is 0. The fourth-order valence-corrected chi connectivity index (χ4v) is 1.84. The molecule has 1 aliphatic heterocycles. The molecular formula is C10H11F3N4O2. The summed E-state index contributed by atoms with van der Waals surface area (Å²) in [5.41, 5.74) is 3.85. The molecule has 0 spiro atoms. The molecular weight excluding hydrogens is 265 g/mol. The molecule has 104 valence electrons. The van der Waals surface area contributed by atoms with Crippen molar-refractivity contribution in [2.45, 2.75) is 18.7 Å². The number of aromatic nitrogens is 2. The Balaban J connectivity index is 2.02. The summed E-state index contributed by atoms with van der Waals surface area (Å²) >= 11 is 0. The average molecular weight is 276 g/mol. The molecule has 0 aromatic carbocycles. The SMILES string of the molecule is NC(=O)OC1CCN(c2ccc(C(F)(F)F)nn2)C1. The van der Waals surface area contributed by atoms with Crippen molar-refractivity contribution in [1.29, 1.82) is 0 Å². The van der Waals surface area contributed by atoms with Crippen molar-refractivity contribution >= 4 is 11.9 Å². The molecule has 19 heavy (non-hydrogen) atoms. The van der Waals surface area contributed by atoms with Crippen LogP contribution < -0.4 is 10.6 Å². The normalized spacial score (nSPS) is 19.5. The second-order valence-electron chi connectivity index (χ2n) is 4.07. The summed E-state index contributed by atoms with van der Waals surface area (Å²) in [6.45, 7) is 0.848. The molecule has 1 atom stereocenters. The summed E-state index contributed by atoms with van der Waals surface area (Å²) in [6.07, 6.45) is -5.20. The first-order chi connectivity index (χ1) is 8.86. The van der Waals surface area contributed by atoms with Crippen LogP contribution in [0.1, 0.15) is 12.1 Å². The lowest BCUT2D eigenvalue weighted by Gasteiger charge is -2.16.